The number of nitriles is 1. The van der Waals surface area contributed by atoms with Crippen LogP contribution in [0, 0.1) is 11.3 Å². The fourth-order valence-corrected chi connectivity index (χ4v) is 1.72. The number of nitrogens with zero attached hydrogens (tertiary/aromatic N) is 1. The lowest BCUT2D eigenvalue weighted by Crippen LogP contribution is -2.32. The highest BCUT2D eigenvalue weighted by atomic mass is 16.5. The zero-order valence-electron chi connectivity index (χ0n) is 11.7. The van der Waals surface area contributed by atoms with Crippen molar-refractivity contribution in [1.29, 1.82) is 5.26 Å². The maximum absolute atomic E-state index is 9.76. The van der Waals surface area contributed by atoms with E-state index in [0.29, 0.717) is 17.9 Å². The molecule has 1 rings (SSSR count). The molecule has 5 heteroatoms. The first-order valence-corrected chi connectivity index (χ1v) is 6.82. The van der Waals surface area contributed by atoms with Gasteiger partial charge in [0.05, 0.1) is 11.7 Å². The minimum Gasteiger partial charge on any atom is -0.489 e. The number of hydrogen-bond donors (Lipinski definition) is 3. The third kappa shape index (κ3) is 6.53. The first-order valence-electron chi connectivity index (χ1n) is 6.82. The number of ether oxygens (including phenoxy) is 1. The monoisotopic (exact) mass is 278 g/mol. The second-order valence-electron chi connectivity index (χ2n) is 4.77. The number of para-hydroxylation sites is 1. The van der Waals surface area contributed by atoms with Gasteiger partial charge in [-0.05, 0) is 38.4 Å². The highest BCUT2D eigenvalue weighted by Gasteiger charge is 2.07. The van der Waals surface area contributed by atoms with Crippen molar-refractivity contribution in [2.75, 3.05) is 19.7 Å². The van der Waals surface area contributed by atoms with Crippen molar-refractivity contribution in [1.82, 2.24) is 5.32 Å². The summed E-state index contributed by atoms with van der Waals surface area (Å²) in [4.78, 5) is 0. The fourth-order valence-electron chi connectivity index (χ4n) is 1.72. The molecule has 0 spiro atoms. The van der Waals surface area contributed by atoms with Crippen molar-refractivity contribution >= 4 is 0 Å². The molecule has 0 fully saturated rings. The summed E-state index contributed by atoms with van der Waals surface area (Å²) < 4.78 is 5.43. The maximum Gasteiger partial charge on any atom is 0.137 e. The van der Waals surface area contributed by atoms with Crippen LogP contribution < -0.4 is 10.1 Å². The van der Waals surface area contributed by atoms with Crippen LogP contribution in [0.3, 0.4) is 0 Å². The Hall–Kier alpha value is -1.61. The molecule has 0 saturated heterocycles. The van der Waals surface area contributed by atoms with Crippen molar-refractivity contribution in [3.8, 4) is 11.8 Å². The Balaban J connectivity index is 2.20. The van der Waals surface area contributed by atoms with E-state index in [1.807, 2.05) is 6.07 Å². The third-order valence-corrected chi connectivity index (χ3v) is 2.79. The van der Waals surface area contributed by atoms with E-state index in [0.717, 1.165) is 19.4 Å². The van der Waals surface area contributed by atoms with Crippen molar-refractivity contribution in [2.45, 2.75) is 32.0 Å². The first-order chi connectivity index (χ1) is 9.63. The molecule has 0 aromatic heterocycles. The number of aliphatic hydroxyl groups excluding tert-OH is 2. The molecule has 0 aliphatic rings. The Morgan fingerprint density at radius 3 is 2.80 bits per heavy atom. The quantitative estimate of drug-likeness (QED) is 0.588. The van der Waals surface area contributed by atoms with Gasteiger partial charge in [-0.1, -0.05) is 12.1 Å². The lowest BCUT2D eigenvalue weighted by Gasteiger charge is -2.14. The smallest absolute Gasteiger partial charge is 0.137 e. The summed E-state index contributed by atoms with van der Waals surface area (Å²) in [6, 6.07) is 8.99. The van der Waals surface area contributed by atoms with Gasteiger partial charge in [-0.2, -0.15) is 5.26 Å². The summed E-state index contributed by atoms with van der Waals surface area (Å²) in [5, 5.41) is 30.9. The third-order valence-electron chi connectivity index (χ3n) is 2.79. The molecule has 0 aliphatic carbocycles. The molecule has 2 atom stereocenters. The van der Waals surface area contributed by atoms with Crippen LogP contribution in [0.1, 0.15) is 25.3 Å². The molecule has 1 aromatic carbocycles. The van der Waals surface area contributed by atoms with Gasteiger partial charge in [-0.3, -0.25) is 0 Å². The van der Waals surface area contributed by atoms with E-state index < -0.39 is 6.10 Å². The summed E-state index contributed by atoms with van der Waals surface area (Å²) >= 11 is 0. The Bertz CT molecular complexity index is 429. The average molecular weight is 278 g/mol. The Morgan fingerprint density at radius 1 is 1.35 bits per heavy atom. The summed E-state index contributed by atoms with van der Waals surface area (Å²) in [6.07, 6.45) is 0.693. The Kier molecular flexibility index (Phi) is 7.66. The van der Waals surface area contributed by atoms with E-state index in [2.05, 4.69) is 5.32 Å². The highest BCUT2D eigenvalue weighted by molar-refractivity contribution is 5.42. The van der Waals surface area contributed by atoms with Crippen molar-refractivity contribution in [3.05, 3.63) is 29.8 Å². The van der Waals surface area contributed by atoms with E-state index in [9.17, 15) is 5.11 Å². The molecule has 0 radical (unpaired) electrons. The molecule has 0 amide bonds. The van der Waals surface area contributed by atoms with E-state index >= 15 is 0 Å². The molecule has 1 aromatic rings. The minimum absolute atomic E-state index is 0.141. The highest BCUT2D eigenvalue weighted by Crippen LogP contribution is 2.16. The van der Waals surface area contributed by atoms with Gasteiger partial charge in [-0.15, -0.1) is 0 Å². The predicted molar refractivity (Wildman–Crippen MR) is 76.4 cm³/mol. The van der Waals surface area contributed by atoms with Gasteiger partial charge in [0.15, 0.2) is 0 Å². The van der Waals surface area contributed by atoms with Gasteiger partial charge < -0.3 is 20.3 Å². The summed E-state index contributed by atoms with van der Waals surface area (Å²) in [5.41, 5.74) is 0.463. The average Bonchev–Trinajstić information content (AvgIpc) is 2.44. The van der Waals surface area contributed by atoms with Crippen LogP contribution in [0.25, 0.3) is 0 Å². The van der Waals surface area contributed by atoms with E-state index in [1.165, 1.54) is 0 Å². The van der Waals surface area contributed by atoms with Crippen molar-refractivity contribution in [3.63, 3.8) is 0 Å². The minimum atomic E-state index is -0.631. The molecule has 2 unspecified atom stereocenters. The molecule has 0 saturated carbocycles. The number of rotatable bonds is 9. The molecule has 0 bridgehead atoms. The van der Waals surface area contributed by atoms with Crippen LogP contribution >= 0.6 is 0 Å². The molecule has 5 nitrogen and oxygen atoms in total. The number of benzene rings is 1. The van der Waals surface area contributed by atoms with Gasteiger partial charge in [0.1, 0.15) is 24.5 Å². The molecular formula is C15H22N2O3. The summed E-state index contributed by atoms with van der Waals surface area (Å²) in [5.74, 6) is 0.489. The first kappa shape index (κ1) is 16.4. The standard InChI is InChI=1S/C15H22N2O3/c1-12(18)5-4-8-17-10-14(19)11-20-15-7-3-2-6-13(15)9-16/h2-3,6-7,12,14,17-19H,4-5,8,10-11H2,1H3. The van der Waals surface area contributed by atoms with Crippen molar-refractivity contribution in [2.24, 2.45) is 0 Å². The number of hydrogen-bond acceptors (Lipinski definition) is 5. The lowest BCUT2D eigenvalue weighted by molar-refractivity contribution is 0.106. The van der Waals surface area contributed by atoms with Crippen LogP contribution in [0.2, 0.25) is 0 Å². The number of nitrogens with one attached hydrogen (secondary N) is 1. The lowest BCUT2D eigenvalue weighted by atomic mass is 10.2. The van der Waals surface area contributed by atoms with Crippen LogP contribution in [0.5, 0.6) is 5.75 Å². The molecule has 0 heterocycles. The molecule has 0 aliphatic heterocycles. The number of aliphatic hydroxyl groups is 2. The predicted octanol–water partition coefficient (Wildman–Crippen LogP) is 1.05. The molecule has 20 heavy (non-hydrogen) atoms. The van der Waals surface area contributed by atoms with E-state index in [-0.39, 0.29) is 12.7 Å². The largest absolute Gasteiger partial charge is 0.489 e. The Morgan fingerprint density at radius 2 is 2.10 bits per heavy atom. The zero-order chi connectivity index (χ0) is 14.8. The Labute approximate surface area is 119 Å². The van der Waals surface area contributed by atoms with Crippen LogP contribution in [0.4, 0.5) is 0 Å². The SMILES string of the molecule is CC(O)CCCNCC(O)COc1ccccc1C#N. The molecule has 110 valence electrons. The second-order valence-corrected chi connectivity index (χ2v) is 4.77. The van der Waals surface area contributed by atoms with Gasteiger partial charge >= 0.3 is 0 Å². The molecule has 3 N–H and O–H groups in total. The second kappa shape index (κ2) is 9.32. The van der Waals surface area contributed by atoms with E-state index in [1.54, 1.807) is 31.2 Å². The zero-order valence-corrected chi connectivity index (χ0v) is 11.7. The van der Waals surface area contributed by atoms with Crippen molar-refractivity contribution < 1.29 is 14.9 Å². The van der Waals surface area contributed by atoms with E-state index in [4.69, 9.17) is 15.1 Å². The van der Waals surface area contributed by atoms with Crippen LogP contribution in [0.15, 0.2) is 24.3 Å². The normalized spacial score (nSPS) is 13.5. The topological polar surface area (TPSA) is 85.5 Å². The van der Waals surface area contributed by atoms with Gasteiger partial charge in [0.2, 0.25) is 0 Å². The summed E-state index contributed by atoms with van der Waals surface area (Å²) in [7, 11) is 0. The van der Waals surface area contributed by atoms with Gasteiger partial charge in [0.25, 0.3) is 0 Å². The van der Waals surface area contributed by atoms with Gasteiger partial charge in [-0.25, -0.2) is 0 Å². The maximum atomic E-state index is 9.76. The summed E-state index contributed by atoms with van der Waals surface area (Å²) in [6.45, 7) is 3.07. The van der Waals surface area contributed by atoms with Crippen LogP contribution in [-0.2, 0) is 0 Å². The molecular weight excluding hydrogens is 256 g/mol. The fraction of sp³-hybridized carbons (Fsp3) is 0.533. The van der Waals surface area contributed by atoms with Gasteiger partial charge in [0, 0.05) is 6.54 Å². The van der Waals surface area contributed by atoms with Crippen LogP contribution in [-0.4, -0.2) is 42.1 Å².